The van der Waals surface area contributed by atoms with E-state index in [1.54, 1.807) is 17.0 Å². The first kappa shape index (κ1) is 17.5. The van der Waals surface area contributed by atoms with E-state index < -0.39 is 11.9 Å². The number of aryl methyl sites for hydroxylation is 1. The molecule has 130 valence electrons. The van der Waals surface area contributed by atoms with Gasteiger partial charge in [0.05, 0.1) is 12.3 Å². The second-order valence-electron chi connectivity index (χ2n) is 6.50. The molecule has 1 N–H and O–H groups in total. The number of benzene rings is 2. The maximum Gasteiger partial charge on any atom is 0.308 e. The zero-order valence-electron chi connectivity index (χ0n) is 14.0. The first-order valence-electron chi connectivity index (χ1n) is 8.26. The Morgan fingerprint density at radius 3 is 2.44 bits per heavy atom. The molecule has 4 nitrogen and oxygen atoms in total. The van der Waals surface area contributed by atoms with Crippen LogP contribution < -0.4 is 0 Å². The molecular weight excluding hydrogens is 338 g/mol. The molecule has 25 heavy (non-hydrogen) atoms. The third-order valence-corrected chi connectivity index (χ3v) is 5.14. The van der Waals surface area contributed by atoms with Gasteiger partial charge in [-0.15, -0.1) is 0 Å². The maximum absolute atomic E-state index is 12.7. The van der Waals surface area contributed by atoms with Crippen LogP contribution in [0.3, 0.4) is 0 Å². The van der Waals surface area contributed by atoms with Crippen molar-refractivity contribution in [2.24, 2.45) is 5.92 Å². The minimum atomic E-state index is -0.869. The molecule has 1 aliphatic heterocycles. The van der Waals surface area contributed by atoms with Gasteiger partial charge in [0.25, 0.3) is 0 Å². The van der Waals surface area contributed by atoms with Crippen LogP contribution in [0.25, 0.3) is 0 Å². The van der Waals surface area contributed by atoms with E-state index in [2.05, 4.69) is 0 Å². The van der Waals surface area contributed by atoms with Crippen molar-refractivity contribution in [1.29, 1.82) is 0 Å². The number of aliphatic carboxylic acids is 1. The highest BCUT2D eigenvalue weighted by Crippen LogP contribution is 2.34. The molecule has 1 amide bonds. The molecule has 1 heterocycles. The van der Waals surface area contributed by atoms with E-state index in [1.165, 1.54) is 0 Å². The number of hydrogen-bond acceptors (Lipinski definition) is 2. The summed E-state index contributed by atoms with van der Waals surface area (Å²) >= 11 is 5.92. The molecule has 3 rings (SSSR count). The van der Waals surface area contributed by atoms with Gasteiger partial charge in [-0.05, 0) is 35.7 Å². The Hall–Kier alpha value is -2.33. The van der Waals surface area contributed by atoms with Crippen molar-refractivity contribution in [2.75, 3.05) is 13.1 Å². The quantitative estimate of drug-likeness (QED) is 0.910. The molecule has 0 spiro atoms. The average molecular weight is 358 g/mol. The van der Waals surface area contributed by atoms with Crippen LogP contribution in [0.1, 0.15) is 22.6 Å². The zero-order valence-corrected chi connectivity index (χ0v) is 14.7. The summed E-state index contributed by atoms with van der Waals surface area (Å²) in [6, 6.07) is 15.0. The number of nitrogens with zero attached hydrogens (tertiary/aromatic N) is 1. The van der Waals surface area contributed by atoms with Crippen LogP contribution in [-0.4, -0.2) is 35.0 Å². The minimum Gasteiger partial charge on any atom is -0.481 e. The number of carboxylic acid groups (broad SMARTS) is 1. The standard InChI is InChI=1S/C20H20ClNO3/c1-13-4-2-3-5-15(13)10-19(23)22-11-17(18(12-22)20(24)25)14-6-8-16(21)9-7-14/h2-9,17-18H,10-12H2,1H3,(H,24,25)/t17-,18+/m0/s1. The first-order valence-corrected chi connectivity index (χ1v) is 8.64. The molecule has 0 unspecified atom stereocenters. The summed E-state index contributed by atoms with van der Waals surface area (Å²) in [5, 5.41) is 10.2. The van der Waals surface area contributed by atoms with E-state index in [0.29, 0.717) is 18.0 Å². The summed E-state index contributed by atoms with van der Waals surface area (Å²) < 4.78 is 0. The molecule has 1 aliphatic rings. The van der Waals surface area contributed by atoms with E-state index in [0.717, 1.165) is 16.7 Å². The fraction of sp³-hybridized carbons (Fsp3) is 0.300. The van der Waals surface area contributed by atoms with Crippen molar-refractivity contribution >= 4 is 23.5 Å². The highest BCUT2D eigenvalue weighted by atomic mass is 35.5. The van der Waals surface area contributed by atoms with Gasteiger partial charge in [-0.3, -0.25) is 9.59 Å². The van der Waals surface area contributed by atoms with E-state index >= 15 is 0 Å². The Morgan fingerprint density at radius 2 is 1.80 bits per heavy atom. The van der Waals surface area contributed by atoms with Gasteiger partial charge < -0.3 is 10.0 Å². The lowest BCUT2D eigenvalue weighted by atomic mass is 9.89. The van der Waals surface area contributed by atoms with Crippen LogP contribution in [0.5, 0.6) is 0 Å². The Balaban J connectivity index is 1.77. The normalized spacial score (nSPS) is 19.8. The summed E-state index contributed by atoms with van der Waals surface area (Å²) in [5.41, 5.74) is 2.95. The highest BCUT2D eigenvalue weighted by Gasteiger charge is 2.40. The molecule has 2 aromatic carbocycles. The van der Waals surface area contributed by atoms with Crippen LogP contribution in [0.15, 0.2) is 48.5 Å². The van der Waals surface area contributed by atoms with Crippen LogP contribution in [0.4, 0.5) is 0 Å². The van der Waals surface area contributed by atoms with Gasteiger partial charge in [-0.2, -0.15) is 0 Å². The molecule has 0 aromatic heterocycles. The Morgan fingerprint density at radius 1 is 1.12 bits per heavy atom. The lowest BCUT2D eigenvalue weighted by molar-refractivity contribution is -0.141. The van der Waals surface area contributed by atoms with Crippen molar-refractivity contribution in [3.63, 3.8) is 0 Å². The molecule has 1 saturated heterocycles. The summed E-state index contributed by atoms with van der Waals surface area (Å²) in [4.78, 5) is 26.0. The van der Waals surface area contributed by atoms with Crippen molar-refractivity contribution in [3.8, 4) is 0 Å². The Bertz CT molecular complexity index is 788. The highest BCUT2D eigenvalue weighted by molar-refractivity contribution is 6.30. The Labute approximate surface area is 152 Å². The molecule has 0 bridgehead atoms. The van der Waals surface area contributed by atoms with E-state index in [4.69, 9.17) is 11.6 Å². The summed E-state index contributed by atoms with van der Waals surface area (Å²) in [7, 11) is 0. The van der Waals surface area contributed by atoms with Gasteiger partial charge in [0.15, 0.2) is 0 Å². The summed E-state index contributed by atoms with van der Waals surface area (Å²) in [6.07, 6.45) is 0.298. The molecule has 2 aromatic rings. The smallest absolute Gasteiger partial charge is 0.308 e. The van der Waals surface area contributed by atoms with Gasteiger partial charge in [-0.1, -0.05) is 48.0 Å². The first-order chi connectivity index (χ1) is 12.0. The monoisotopic (exact) mass is 357 g/mol. The third-order valence-electron chi connectivity index (χ3n) is 4.89. The van der Waals surface area contributed by atoms with Crippen LogP contribution in [0, 0.1) is 12.8 Å². The van der Waals surface area contributed by atoms with Crippen molar-refractivity contribution < 1.29 is 14.7 Å². The minimum absolute atomic E-state index is 0.0305. The zero-order chi connectivity index (χ0) is 18.0. The number of hydrogen-bond donors (Lipinski definition) is 1. The van der Waals surface area contributed by atoms with Crippen LogP contribution >= 0.6 is 11.6 Å². The molecule has 0 saturated carbocycles. The number of rotatable bonds is 4. The lowest BCUT2D eigenvalue weighted by Crippen LogP contribution is -2.31. The Kier molecular flexibility index (Phi) is 5.09. The summed E-state index contributed by atoms with van der Waals surface area (Å²) in [5.74, 6) is -1.71. The number of halogens is 1. The van der Waals surface area contributed by atoms with Gasteiger partial charge in [0, 0.05) is 24.0 Å². The molecule has 1 fully saturated rings. The van der Waals surface area contributed by atoms with Gasteiger partial charge in [-0.25, -0.2) is 0 Å². The van der Waals surface area contributed by atoms with Crippen molar-refractivity contribution in [1.82, 2.24) is 4.90 Å². The van der Waals surface area contributed by atoms with Crippen LogP contribution in [-0.2, 0) is 16.0 Å². The molecule has 0 radical (unpaired) electrons. The van der Waals surface area contributed by atoms with Crippen LogP contribution in [0.2, 0.25) is 5.02 Å². The molecule has 5 heteroatoms. The maximum atomic E-state index is 12.7. The topological polar surface area (TPSA) is 57.6 Å². The molecular formula is C20H20ClNO3. The van der Waals surface area contributed by atoms with Crippen molar-refractivity contribution in [3.05, 3.63) is 70.2 Å². The van der Waals surface area contributed by atoms with Gasteiger partial charge in [0.2, 0.25) is 5.91 Å². The molecule has 0 aliphatic carbocycles. The van der Waals surface area contributed by atoms with Gasteiger partial charge >= 0.3 is 5.97 Å². The van der Waals surface area contributed by atoms with E-state index in [9.17, 15) is 14.7 Å². The third kappa shape index (κ3) is 3.85. The number of carbonyl (C=O) groups excluding carboxylic acids is 1. The second kappa shape index (κ2) is 7.28. The number of carbonyl (C=O) groups is 2. The molecule has 2 atom stereocenters. The van der Waals surface area contributed by atoms with E-state index in [-0.39, 0.29) is 18.4 Å². The summed E-state index contributed by atoms with van der Waals surface area (Å²) in [6.45, 7) is 2.64. The number of likely N-dealkylation sites (tertiary alicyclic amines) is 1. The largest absolute Gasteiger partial charge is 0.481 e. The van der Waals surface area contributed by atoms with Crippen molar-refractivity contribution in [2.45, 2.75) is 19.3 Å². The lowest BCUT2D eigenvalue weighted by Gasteiger charge is -2.17. The average Bonchev–Trinajstić information content (AvgIpc) is 3.03. The number of amides is 1. The number of carboxylic acids is 1. The fourth-order valence-corrected chi connectivity index (χ4v) is 3.51. The SMILES string of the molecule is Cc1ccccc1CC(=O)N1C[C@@H](C(=O)O)[C@H](c2ccc(Cl)cc2)C1. The van der Waals surface area contributed by atoms with Gasteiger partial charge in [0.1, 0.15) is 0 Å². The predicted octanol–water partition coefficient (Wildman–Crippen LogP) is 3.52. The van der Waals surface area contributed by atoms with E-state index in [1.807, 2.05) is 43.3 Å². The fourth-order valence-electron chi connectivity index (χ4n) is 3.39. The second-order valence-corrected chi connectivity index (χ2v) is 6.94. The predicted molar refractivity (Wildman–Crippen MR) is 96.8 cm³/mol.